The lowest BCUT2D eigenvalue weighted by Crippen LogP contribution is -2.43. The molecule has 190 valence electrons. The normalized spacial score (nSPS) is 23.9. The number of ether oxygens (including phenoxy) is 2. The second-order valence-electron chi connectivity index (χ2n) is 11.1. The third kappa shape index (κ3) is 4.08. The molecule has 7 heteroatoms. The predicted molar refractivity (Wildman–Crippen MR) is 135 cm³/mol. The predicted octanol–water partition coefficient (Wildman–Crippen LogP) is 3.79. The van der Waals surface area contributed by atoms with Gasteiger partial charge in [-0.2, -0.15) is 0 Å². The Balaban J connectivity index is 1.07. The zero-order chi connectivity index (χ0) is 25.0. The zero-order valence-corrected chi connectivity index (χ0v) is 21.1. The summed E-state index contributed by atoms with van der Waals surface area (Å²) in [6, 6.07) is 9.85. The minimum absolute atomic E-state index is 0.0683. The van der Waals surface area contributed by atoms with Crippen molar-refractivity contribution in [3.8, 4) is 0 Å². The first-order valence-corrected chi connectivity index (χ1v) is 13.1. The van der Waals surface area contributed by atoms with Crippen LogP contribution in [0.2, 0.25) is 0 Å². The van der Waals surface area contributed by atoms with Crippen LogP contribution in [0.3, 0.4) is 0 Å². The number of carbonyl (C=O) groups excluding carboxylic acids is 2. The maximum absolute atomic E-state index is 12.2. The van der Waals surface area contributed by atoms with Gasteiger partial charge in [-0.05, 0) is 92.6 Å². The van der Waals surface area contributed by atoms with Crippen LogP contribution >= 0.6 is 0 Å². The van der Waals surface area contributed by atoms with Crippen LogP contribution in [0.25, 0.3) is 0 Å². The van der Waals surface area contributed by atoms with Crippen LogP contribution < -0.4 is 4.90 Å². The van der Waals surface area contributed by atoms with Crippen molar-refractivity contribution in [1.29, 1.82) is 0 Å². The Morgan fingerprint density at radius 3 is 2.61 bits per heavy atom. The number of esters is 2. The molecule has 0 bridgehead atoms. The van der Waals surface area contributed by atoms with Crippen molar-refractivity contribution in [2.75, 3.05) is 37.6 Å². The maximum Gasteiger partial charge on any atom is 0.338 e. The van der Waals surface area contributed by atoms with Gasteiger partial charge in [0.05, 0.1) is 17.2 Å². The number of piperidine rings is 1. The summed E-state index contributed by atoms with van der Waals surface area (Å²) in [7, 11) is 0. The molecule has 2 aromatic carbocycles. The number of cyclic esters (lactones) is 2. The van der Waals surface area contributed by atoms with Crippen molar-refractivity contribution in [3.05, 3.63) is 63.7 Å². The van der Waals surface area contributed by atoms with Crippen LogP contribution in [0.5, 0.6) is 0 Å². The Morgan fingerprint density at radius 2 is 1.81 bits per heavy atom. The van der Waals surface area contributed by atoms with Gasteiger partial charge in [-0.15, -0.1) is 0 Å². The summed E-state index contributed by atoms with van der Waals surface area (Å²) in [4.78, 5) is 28.9. The van der Waals surface area contributed by atoms with Crippen LogP contribution in [0.4, 0.5) is 5.69 Å². The number of hydrogen-bond donors (Lipinski definition) is 1. The van der Waals surface area contributed by atoms with Gasteiger partial charge in [-0.3, -0.25) is 0 Å². The molecule has 0 amide bonds. The van der Waals surface area contributed by atoms with Crippen molar-refractivity contribution in [2.45, 2.75) is 58.3 Å². The standard InChI is InChI=1S/C29H34N2O5/c1-18-13-20-14-21(3-4-23(20)28(34)36-18)31-12-9-29(17-31)7-10-30(11-8-29)15-26(32)22-5-6-24-25(19(22)2)16-35-27(24)33/h3-6,14,18,26,32H,7-13,15-17H2,1-2H3/t18-,26+/m1/s1. The highest BCUT2D eigenvalue weighted by molar-refractivity contribution is 5.94. The molecule has 2 saturated heterocycles. The molecule has 0 aromatic heterocycles. The van der Waals surface area contributed by atoms with E-state index in [2.05, 4.69) is 21.9 Å². The fourth-order valence-corrected chi connectivity index (χ4v) is 6.59. The molecule has 0 unspecified atom stereocenters. The van der Waals surface area contributed by atoms with E-state index in [1.165, 1.54) is 12.1 Å². The van der Waals surface area contributed by atoms with Crippen molar-refractivity contribution >= 4 is 17.6 Å². The minimum Gasteiger partial charge on any atom is -0.459 e. The first-order chi connectivity index (χ1) is 17.3. The Kier molecular flexibility index (Phi) is 5.80. The molecule has 0 radical (unpaired) electrons. The summed E-state index contributed by atoms with van der Waals surface area (Å²) in [6.07, 6.45) is 3.55. The summed E-state index contributed by atoms with van der Waals surface area (Å²) in [5, 5.41) is 11.0. The number of fused-ring (bicyclic) bond motifs is 2. The fraction of sp³-hybridized carbons (Fsp3) is 0.517. The summed E-state index contributed by atoms with van der Waals surface area (Å²) in [5.74, 6) is -0.479. The Hall–Kier alpha value is -2.90. The lowest BCUT2D eigenvalue weighted by atomic mass is 9.77. The van der Waals surface area contributed by atoms with E-state index in [0.29, 0.717) is 29.7 Å². The van der Waals surface area contributed by atoms with Gasteiger partial charge in [0.1, 0.15) is 12.7 Å². The highest BCUT2D eigenvalue weighted by atomic mass is 16.5. The van der Waals surface area contributed by atoms with Crippen molar-refractivity contribution in [1.82, 2.24) is 4.90 Å². The minimum atomic E-state index is -0.579. The molecule has 2 atom stereocenters. The summed E-state index contributed by atoms with van der Waals surface area (Å²) in [5.41, 5.74) is 6.72. The second kappa shape index (κ2) is 8.89. The highest BCUT2D eigenvalue weighted by Gasteiger charge is 2.41. The Bertz CT molecular complexity index is 1220. The van der Waals surface area contributed by atoms with Crippen LogP contribution in [0, 0.1) is 12.3 Å². The van der Waals surface area contributed by atoms with Gasteiger partial charge in [0, 0.05) is 37.3 Å². The highest BCUT2D eigenvalue weighted by Crippen LogP contribution is 2.43. The van der Waals surface area contributed by atoms with Gasteiger partial charge in [0.25, 0.3) is 0 Å². The van der Waals surface area contributed by atoms with E-state index in [9.17, 15) is 14.7 Å². The van der Waals surface area contributed by atoms with Gasteiger partial charge < -0.3 is 24.4 Å². The smallest absolute Gasteiger partial charge is 0.338 e. The molecule has 6 rings (SSSR count). The quantitative estimate of drug-likeness (QED) is 0.653. The van der Waals surface area contributed by atoms with Gasteiger partial charge in [-0.25, -0.2) is 9.59 Å². The van der Waals surface area contributed by atoms with E-state index < -0.39 is 6.10 Å². The number of hydrogen-bond acceptors (Lipinski definition) is 7. The number of carbonyl (C=O) groups is 2. The third-order valence-electron chi connectivity index (χ3n) is 8.84. The number of aliphatic hydroxyl groups excluding tert-OH is 1. The zero-order valence-electron chi connectivity index (χ0n) is 21.1. The third-order valence-corrected chi connectivity index (χ3v) is 8.84. The lowest BCUT2D eigenvalue weighted by molar-refractivity contribution is 0.0301. The Morgan fingerprint density at radius 1 is 1.06 bits per heavy atom. The first kappa shape index (κ1) is 23.5. The molecule has 4 aliphatic rings. The van der Waals surface area contributed by atoms with Crippen LogP contribution in [-0.2, 0) is 22.5 Å². The topological polar surface area (TPSA) is 79.3 Å². The molecule has 4 heterocycles. The average molecular weight is 491 g/mol. The number of rotatable bonds is 4. The molecule has 1 spiro atoms. The molecule has 0 saturated carbocycles. The number of benzene rings is 2. The summed E-state index contributed by atoms with van der Waals surface area (Å²) < 4.78 is 10.5. The SMILES string of the molecule is Cc1c([C@@H](O)CN2CCC3(CC2)CCN(c2ccc4c(c2)C[C@@H](C)OC4=O)C3)ccc2c1COC2=O. The lowest BCUT2D eigenvalue weighted by Gasteiger charge is -2.40. The van der Waals surface area contributed by atoms with E-state index in [1.807, 2.05) is 26.0 Å². The van der Waals surface area contributed by atoms with Gasteiger partial charge >= 0.3 is 11.9 Å². The Labute approximate surface area is 212 Å². The average Bonchev–Trinajstić information content (AvgIpc) is 3.45. The molecule has 0 aliphatic carbocycles. The van der Waals surface area contributed by atoms with Crippen LogP contribution in [-0.4, -0.2) is 60.8 Å². The number of nitrogens with zero attached hydrogens (tertiary/aromatic N) is 2. The number of β-amino-alcohol motifs (C(OH)–C–C–N with tert-alkyl or cyclic N) is 1. The molecule has 2 fully saturated rings. The van der Waals surface area contributed by atoms with E-state index in [1.54, 1.807) is 6.07 Å². The van der Waals surface area contributed by atoms with Crippen molar-refractivity contribution < 1.29 is 24.2 Å². The van der Waals surface area contributed by atoms with E-state index in [-0.39, 0.29) is 18.0 Å². The maximum atomic E-state index is 12.2. The van der Waals surface area contributed by atoms with Crippen molar-refractivity contribution in [2.24, 2.45) is 5.41 Å². The molecule has 2 aromatic rings. The molecule has 4 aliphatic heterocycles. The number of anilines is 1. The van der Waals surface area contributed by atoms with Gasteiger partial charge in [-0.1, -0.05) is 6.07 Å². The molecule has 1 N–H and O–H groups in total. The molecule has 36 heavy (non-hydrogen) atoms. The largest absolute Gasteiger partial charge is 0.459 e. The molecule has 7 nitrogen and oxygen atoms in total. The first-order valence-electron chi connectivity index (χ1n) is 13.1. The monoisotopic (exact) mass is 490 g/mol. The van der Waals surface area contributed by atoms with Gasteiger partial charge in [0.15, 0.2) is 0 Å². The van der Waals surface area contributed by atoms with Crippen LogP contribution in [0.15, 0.2) is 30.3 Å². The molecular weight excluding hydrogens is 456 g/mol. The number of likely N-dealkylation sites (tertiary alicyclic amines) is 1. The van der Waals surface area contributed by atoms with Crippen molar-refractivity contribution in [3.63, 3.8) is 0 Å². The van der Waals surface area contributed by atoms with Gasteiger partial charge in [0.2, 0.25) is 0 Å². The van der Waals surface area contributed by atoms with E-state index in [0.717, 1.165) is 67.7 Å². The summed E-state index contributed by atoms with van der Waals surface area (Å²) >= 11 is 0. The van der Waals surface area contributed by atoms with E-state index >= 15 is 0 Å². The summed E-state index contributed by atoms with van der Waals surface area (Å²) in [6.45, 7) is 8.86. The second-order valence-corrected chi connectivity index (χ2v) is 11.1. The number of aliphatic hydroxyl groups is 1. The van der Waals surface area contributed by atoms with Crippen LogP contribution in [0.1, 0.15) is 75.3 Å². The fourth-order valence-electron chi connectivity index (χ4n) is 6.59. The molecular formula is C29H34N2O5. The van der Waals surface area contributed by atoms with E-state index in [4.69, 9.17) is 9.47 Å².